The summed E-state index contributed by atoms with van der Waals surface area (Å²) in [5, 5.41) is 7.36. The number of rotatable bonds is 4. The van der Waals surface area contributed by atoms with Gasteiger partial charge in [-0.15, -0.1) is 11.3 Å². The summed E-state index contributed by atoms with van der Waals surface area (Å²) in [6.45, 7) is 0. The van der Waals surface area contributed by atoms with Gasteiger partial charge in [-0.2, -0.15) is 13.2 Å². The van der Waals surface area contributed by atoms with E-state index < -0.39 is 11.9 Å². The molecule has 5 rings (SSSR count). The lowest BCUT2D eigenvalue weighted by molar-refractivity contribution is -0.140. The lowest BCUT2D eigenvalue weighted by atomic mass is 9.90. The van der Waals surface area contributed by atoms with Gasteiger partial charge < -0.3 is 10.6 Å². The zero-order chi connectivity index (χ0) is 23.9. The summed E-state index contributed by atoms with van der Waals surface area (Å²) < 4.78 is 41.0. The third-order valence-corrected chi connectivity index (χ3v) is 7.20. The first kappa shape index (κ1) is 22.9. The molecule has 4 aromatic rings. The molecule has 5 nitrogen and oxygen atoms in total. The van der Waals surface area contributed by atoms with Crippen molar-refractivity contribution in [3.8, 4) is 0 Å². The number of aromatic nitrogens is 2. The summed E-state index contributed by atoms with van der Waals surface area (Å²) in [7, 11) is 0. The minimum Gasteiger partial charge on any atom is -0.382 e. The molecule has 0 atom stereocenters. The maximum atomic E-state index is 13.4. The van der Waals surface area contributed by atoms with Crippen LogP contribution in [0.2, 0.25) is 5.02 Å². The number of carbonyl (C=O) groups excluding carboxylic acids is 1. The molecule has 10 heteroatoms. The van der Waals surface area contributed by atoms with Crippen molar-refractivity contribution in [2.24, 2.45) is 0 Å². The number of halogens is 4. The van der Waals surface area contributed by atoms with Crippen LogP contribution in [0.1, 0.15) is 41.7 Å². The van der Waals surface area contributed by atoms with Crippen LogP contribution >= 0.6 is 22.9 Å². The predicted molar refractivity (Wildman–Crippen MR) is 129 cm³/mol. The Morgan fingerprint density at radius 2 is 1.79 bits per heavy atom. The molecule has 2 aromatic heterocycles. The Labute approximate surface area is 202 Å². The van der Waals surface area contributed by atoms with E-state index in [1.165, 1.54) is 23.5 Å². The summed E-state index contributed by atoms with van der Waals surface area (Å²) in [4.78, 5) is 20.8. The van der Waals surface area contributed by atoms with E-state index in [0.717, 1.165) is 29.1 Å². The maximum Gasteiger partial charge on any atom is 0.433 e. The molecule has 34 heavy (non-hydrogen) atoms. The third-order valence-electron chi connectivity index (χ3n) is 6.08. The van der Waals surface area contributed by atoms with E-state index in [-0.39, 0.29) is 23.5 Å². The number of hydrogen-bond acceptors (Lipinski definition) is 5. The van der Waals surface area contributed by atoms with Gasteiger partial charge in [-0.25, -0.2) is 9.97 Å². The van der Waals surface area contributed by atoms with Gasteiger partial charge in [0.05, 0.1) is 26.8 Å². The monoisotopic (exact) mass is 504 g/mol. The number of anilines is 1. The Kier molecular flexibility index (Phi) is 6.07. The predicted octanol–water partition coefficient (Wildman–Crippen LogP) is 6.67. The van der Waals surface area contributed by atoms with Crippen LogP contribution in [0.3, 0.4) is 0 Å². The molecule has 2 aromatic carbocycles. The van der Waals surface area contributed by atoms with Gasteiger partial charge in [0, 0.05) is 28.2 Å². The molecule has 1 saturated carbocycles. The first-order valence-electron chi connectivity index (χ1n) is 10.8. The third kappa shape index (κ3) is 4.67. The molecule has 1 aliphatic carbocycles. The molecule has 2 N–H and O–H groups in total. The van der Waals surface area contributed by atoms with E-state index >= 15 is 0 Å². The highest BCUT2D eigenvalue weighted by Crippen LogP contribution is 2.35. The molecule has 0 spiro atoms. The topological polar surface area (TPSA) is 66.9 Å². The molecule has 0 radical (unpaired) electrons. The molecule has 1 aliphatic rings. The Bertz CT molecular complexity index is 1370. The quantitative estimate of drug-likeness (QED) is 0.326. The minimum atomic E-state index is -4.55. The summed E-state index contributed by atoms with van der Waals surface area (Å²) in [6.07, 6.45) is -1.69. The molecular formula is C24H20ClF3N4OS. The van der Waals surface area contributed by atoms with Gasteiger partial charge >= 0.3 is 6.18 Å². The second-order valence-corrected chi connectivity index (χ2v) is 9.68. The van der Waals surface area contributed by atoms with Crippen LogP contribution in [0.4, 0.5) is 18.9 Å². The minimum absolute atomic E-state index is 0.00286. The zero-order valence-electron chi connectivity index (χ0n) is 17.8. The van der Waals surface area contributed by atoms with Crippen molar-refractivity contribution >= 4 is 55.7 Å². The van der Waals surface area contributed by atoms with Gasteiger partial charge in [-0.1, -0.05) is 17.7 Å². The second-order valence-electron chi connectivity index (χ2n) is 8.39. The average Bonchev–Trinajstić information content (AvgIpc) is 3.29. The summed E-state index contributed by atoms with van der Waals surface area (Å²) in [6, 6.07) is 11.2. The van der Waals surface area contributed by atoms with E-state index in [9.17, 15) is 18.0 Å². The fraction of sp³-hybridized carbons (Fsp3) is 0.292. The first-order valence-corrected chi connectivity index (χ1v) is 12.1. The van der Waals surface area contributed by atoms with E-state index in [2.05, 4.69) is 20.6 Å². The van der Waals surface area contributed by atoms with Crippen molar-refractivity contribution in [2.45, 2.75) is 43.9 Å². The molecule has 176 valence electrons. The molecule has 2 heterocycles. The van der Waals surface area contributed by atoms with Crippen molar-refractivity contribution < 1.29 is 18.0 Å². The fourth-order valence-corrected chi connectivity index (χ4v) is 5.37. The molecule has 0 bridgehead atoms. The molecule has 1 amide bonds. The van der Waals surface area contributed by atoms with Gasteiger partial charge in [0.1, 0.15) is 5.69 Å². The number of nitrogens with one attached hydrogen (secondary N) is 2. The van der Waals surface area contributed by atoms with Crippen LogP contribution < -0.4 is 10.6 Å². The number of alkyl halides is 3. The lowest BCUT2D eigenvalue weighted by Gasteiger charge is -2.31. The average molecular weight is 505 g/mol. The fourth-order valence-electron chi connectivity index (χ4n) is 4.39. The zero-order valence-corrected chi connectivity index (χ0v) is 19.4. The number of hydrogen-bond donors (Lipinski definition) is 2. The first-order chi connectivity index (χ1) is 16.3. The van der Waals surface area contributed by atoms with E-state index in [1.54, 1.807) is 17.6 Å². The Balaban J connectivity index is 1.28. The number of benzene rings is 2. The van der Waals surface area contributed by atoms with Crippen LogP contribution in [-0.4, -0.2) is 28.0 Å². The molecule has 0 unspecified atom stereocenters. The van der Waals surface area contributed by atoms with Gasteiger partial charge in [0.2, 0.25) is 0 Å². The van der Waals surface area contributed by atoms with Gasteiger partial charge in [-0.3, -0.25) is 4.79 Å². The van der Waals surface area contributed by atoms with Gasteiger partial charge in [0.25, 0.3) is 5.91 Å². The number of pyridine rings is 1. The normalized spacial score (nSPS) is 18.8. The van der Waals surface area contributed by atoms with Crippen LogP contribution in [-0.2, 0) is 6.18 Å². The second kappa shape index (κ2) is 9.03. The summed E-state index contributed by atoms with van der Waals surface area (Å²) in [5.74, 6) is -0.129. The molecule has 1 fully saturated rings. The standard InChI is InChI=1S/C24H20ClF3N4OS/c25-13-4-9-18-17(10-13)20(11-21(32-18)24(26,27)28)30-14-5-7-15(8-6-14)31-23(33)16-2-1-3-19-22(16)34-12-29-19/h1-4,9-12,14-15H,5-8H2,(H,30,32)(H,31,33). The van der Waals surface area contributed by atoms with Crippen molar-refractivity contribution in [1.29, 1.82) is 0 Å². The van der Waals surface area contributed by atoms with Gasteiger partial charge in [0.15, 0.2) is 0 Å². The van der Waals surface area contributed by atoms with Crippen molar-refractivity contribution in [1.82, 2.24) is 15.3 Å². The molecule has 0 saturated heterocycles. The molecule has 0 aliphatic heterocycles. The highest BCUT2D eigenvalue weighted by Gasteiger charge is 2.34. The van der Waals surface area contributed by atoms with Crippen LogP contribution in [0, 0.1) is 0 Å². The maximum absolute atomic E-state index is 13.4. The molecular weight excluding hydrogens is 485 g/mol. The highest BCUT2D eigenvalue weighted by molar-refractivity contribution is 7.17. The smallest absolute Gasteiger partial charge is 0.382 e. The summed E-state index contributed by atoms with van der Waals surface area (Å²) in [5.41, 5.74) is 2.79. The number of nitrogens with zero attached hydrogens (tertiary/aromatic N) is 2. The highest BCUT2D eigenvalue weighted by atomic mass is 35.5. The van der Waals surface area contributed by atoms with Crippen molar-refractivity contribution in [3.05, 3.63) is 64.3 Å². The van der Waals surface area contributed by atoms with E-state index in [0.29, 0.717) is 34.5 Å². The van der Waals surface area contributed by atoms with Gasteiger partial charge in [-0.05, 0) is 62.1 Å². The largest absolute Gasteiger partial charge is 0.433 e. The van der Waals surface area contributed by atoms with Crippen LogP contribution in [0.15, 0.2) is 48.0 Å². The van der Waals surface area contributed by atoms with Crippen molar-refractivity contribution in [2.75, 3.05) is 5.32 Å². The number of fused-ring (bicyclic) bond motifs is 2. The van der Waals surface area contributed by atoms with E-state index in [1.807, 2.05) is 12.1 Å². The number of amides is 1. The van der Waals surface area contributed by atoms with Crippen LogP contribution in [0.5, 0.6) is 0 Å². The van der Waals surface area contributed by atoms with E-state index in [4.69, 9.17) is 11.6 Å². The number of thiazole rings is 1. The van der Waals surface area contributed by atoms with Crippen molar-refractivity contribution in [3.63, 3.8) is 0 Å². The SMILES string of the molecule is O=C(NC1CCC(Nc2cc(C(F)(F)F)nc3ccc(Cl)cc23)CC1)c1cccc2ncsc12. The number of carbonyl (C=O) groups is 1. The lowest BCUT2D eigenvalue weighted by Crippen LogP contribution is -2.40. The summed E-state index contributed by atoms with van der Waals surface area (Å²) >= 11 is 7.52. The Morgan fingerprint density at radius 1 is 1.03 bits per heavy atom. The Hall–Kier alpha value is -2.91. The van der Waals surface area contributed by atoms with Crippen LogP contribution in [0.25, 0.3) is 21.1 Å². The Morgan fingerprint density at radius 3 is 2.56 bits per heavy atom.